The maximum Gasteiger partial charge on any atom is 0.147 e. The fourth-order valence-electron chi connectivity index (χ4n) is 3.49. The van der Waals surface area contributed by atoms with E-state index in [1.807, 2.05) is 6.20 Å². The SMILES string of the molecule is Nc1cncc(-c2cnc(N3CC4C5C4C53)cn2)n1. The number of aromatic nitrogens is 4. The van der Waals surface area contributed by atoms with Crippen LogP contribution in [0.5, 0.6) is 0 Å². The molecule has 2 unspecified atom stereocenters. The number of rotatable bonds is 2. The number of piperidine rings is 1. The molecule has 4 fully saturated rings. The van der Waals surface area contributed by atoms with E-state index in [1.54, 1.807) is 12.4 Å². The average Bonchev–Trinajstić information content (AvgIpc) is 3.25. The average molecular weight is 252 g/mol. The van der Waals surface area contributed by atoms with Gasteiger partial charge in [0.2, 0.25) is 0 Å². The Morgan fingerprint density at radius 3 is 2.58 bits per heavy atom. The summed E-state index contributed by atoms with van der Waals surface area (Å²) in [6.45, 7) is 1.16. The molecular weight excluding hydrogens is 240 g/mol. The molecule has 2 aliphatic carbocycles. The van der Waals surface area contributed by atoms with Gasteiger partial charge in [-0.25, -0.2) is 15.0 Å². The first kappa shape index (κ1) is 9.66. The van der Waals surface area contributed by atoms with Crippen LogP contribution < -0.4 is 10.6 Å². The van der Waals surface area contributed by atoms with Crippen molar-refractivity contribution in [1.29, 1.82) is 0 Å². The predicted molar refractivity (Wildman–Crippen MR) is 69.1 cm³/mol. The van der Waals surface area contributed by atoms with E-state index in [0.29, 0.717) is 17.2 Å². The molecule has 2 saturated carbocycles. The van der Waals surface area contributed by atoms with Crippen LogP contribution in [-0.4, -0.2) is 32.5 Å². The number of hydrogen-bond acceptors (Lipinski definition) is 6. The minimum Gasteiger partial charge on any atom is -0.382 e. The van der Waals surface area contributed by atoms with Crippen molar-refractivity contribution in [3.63, 3.8) is 0 Å². The van der Waals surface area contributed by atoms with E-state index in [9.17, 15) is 0 Å². The zero-order valence-electron chi connectivity index (χ0n) is 10.1. The molecule has 6 heteroatoms. The lowest BCUT2D eigenvalue weighted by molar-refractivity contribution is 0.735. The zero-order valence-corrected chi connectivity index (χ0v) is 10.1. The highest BCUT2D eigenvalue weighted by molar-refractivity contribution is 5.57. The van der Waals surface area contributed by atoms with Gasteiger partial charge in [0.25, 0.3) is 0 Å². The molecule has 94 valence electrons. The van der Waals surface area contributed by atoms with Crippen molar-refractivity contribution in [2.24, 2.45) is 17.8 Å². The number of nitrogens with zero attached hydrogens (tertiary/aromatic N) is 5. The normalized spacial score (nSPS) is 33.2. The van der Waals surface area contributed by atoms with Crippen LogP contribution in [0.3, 0.4) is 0 Å². The van der Waals surface area contributed by atoms with Crippen molar-refractivity contribution in [1.82, 2.24) is 19.9 Å². The fourth-order valence-corrected chi connectivity index (χ4v) is 3.49. The molecule has 4 aliphatic rings. The van der Waals surface area contributed by atoms with Gasteiger partial charge in [-0.1, -0.05) is 0 Å². The van der Waals surface area contributed by atoms with Crippen molar-refractivity contribution in [2.45, 2.75) is 6.04 Å². The minimum atomic E-state index is 0.396. The number of nitrogen functional groups attached to an aromatic ring is 1. The van der Waals surface area contributed by atoms with Crippen LogP contribution in [0.1, 0.15) is 0 Å². The Hall–Kier alpha value is -2.24. The number of nitrogens with two attached hydrogens (primary N) is 1. The number of fused-ring (bicyclic) bond motifs is 1. The Morgan fingerprint density at radius 2 is 1.95 bits per heavy atom. The number of anilines is 2. The van der Waals surface area contributed by atoms with Gasteiger partial charge in [-0.05, 0) is 17.8 Å². The first-order valence-corrected chi connectivity index (χ1v) is 6.49. The highest BCUT2D eigenvalue weighted by Crippen LogP contribution is 2.75. The van der Waals surface area contributed by atoms with Crippen LogP contribution in [0.4, 0.5) is 11.6 Å². The first-order valence-electron chi connectivity index (χ1n) is 6.49. The summed E-state index contributed by atoms with van der Waals surface area (Å²) < 4.78 is 0. The van der Waals surface area contributed by atoms with E-state index in [4.69, 9.17) is 5.73 Å². The molecule has 2 N–H and O–H groups in total. The van der Waals surface area contributed by atoms with Crippen LogP contribution in [0.25, 0.3) is 11.4 Å². The van der Waals surface area contributed by atoms with Gasteiger partial charge in [0.1, 0.15) is 23.0 Å². The molecule has 19 heavy (non-hydrogen) atoms. The lowest BCUT2D eigenvalue weighted by Gasteiger charge is -2.16. The summed E-state index contributed by atoms with van der Waals surface area (Å²) in [5, 5.41) is 0. The molecule has 2 atom stereocenters. The van der Waals surface area contributed by atoms with E-state index in [1.165, 1.54) is 6.20 Å². The molecule has 4 heterocycles. The molecule has 0 aromatic carbocycles. The quantitative estimate of drug-likeness (QED) is 0.842. The Morgan fingerprint density at radius 1 is 1.05 bits per heavy atom. The van der Waals surface area contributed by atoms with Gasteiger partial charge in [0, 0.05) is 12.6 Å². The zero-order chi connectivity index (χ0) is 12.6. The van der Waals surface area contributed by atoms with E-state index >= 15 is 0 Å². The molecule has 0 spiro atoms. The summed E-state index contributed by atoms with van der Waals surface area (Å²) in [4.78, 5) is 19.6. The standard InChI is InChI=1S/C13H12N6/c14-9-3-15-1-8(18-9)7-2-17-10(4-16-7)19-5-6-11-12(6)13(11)19/h1-4,6,11-13H,5H2,(H2,14,18). The van der Waals surface area contributed by atoms with Crippen molar-refractivity contribution in [2.75, 3.05) is 17.2 Å². The minimum absolute atomic E-state index is 0.396. The Bertz CT molecular complexity index is 652. The maximum atomic E-state index is 5.62. The van der Waals surface area contributed by atoms with E-state index in [0.717, 1.165) is 36.2 Å². The summed E-state index contributed by atoms with van der Waals surface area (Å²) in [6, 6.07) is 0.761. The van der Waals surface area contributed by atoms with Crippen molar-refractivity contribution >= 4 is 11.6 Å². The molecule has 2 aromatic rings. The molecule has 0 amide bonds. The Balaban J connectivity index is 1.46. The van der Waals surface area contributed by atoms with E-state index < -0.39 is 0 Å². The second kappa shape index (κ2) is 3.01. The smallest absolute Gasteiger partial charge is 0.147 e. The highest BCUT2D eigenvalue weighted by atomic mass is 15.3. The highest BCUT2D eigenvalue weighted by Gasteiger charge is 2.80. The Labute approximate surface area is 109 Å². The molecule has 0 radical (unpaired) electrons. The third kappa shape index (κ3) is 1.21. The predicted octanol–water partition coefficient (Wildman–Crippen LogP) is 0.580. The number of hydrogen-bond donors (Lipinski definition) is 1. The van der Waals surface area contributed by atoms with Gasteiger partial charge in [-0.2, -0.15) is 0 Å². The van der Waals surface area contributed by atoms with Gasteiger partial charge in [0.15, 0.2) is 0 Å². The van der Waals surface area contributed by atoms with Crippen LogP contribution >= 0.6 is 0 Å². The van der Waals surface area contributed by atoms with Crippen LogP contribution in [-0.2, 0) is 0 Å². The summed E-state index contributed by atoms with van der Waals surface area (Å²) in [5.74, 6) is 4.28. The van der Waals surface area contributed by atoms with E-state index in [2.05, 4.69) is 24.8 Å². The second-order valence-electron chi connectivity index (χ2n) is 5.55. The molecular formula is C13H12N6. The van der Waals surface area contributed by atoms with Gasteiger partial charge in [-0.15, -0.1) is 0 Å². The first-order chi connectivity index (χ1) is 9.33. The molecule has 2 aliphatic heterocycles. The lowest BCUT2D eigenvalue weighted by atomic mass is 10.2. The molecule has 6 nitrogen and oxygen atoms in total. The maximum absolute atomic E-state index is 5.62. The molecule has 6 rings (SSSR count). The summed E-state index contributed by atoms with van der Waals surface area (Å²) >= 11 is 0. The molecule has 2 aromatic heterocycles. The molecule has 2 saturated heterocycles. The summed E-state index contributed by atoms with van der Waals surface area (Å²) in [6.07, 6.45) is 6.76. The van der Waals surface area contributed by atoms with E-state index in [-0.39, 0.29) is 0 Å². The summed E-state index contributed by atoms with van der Waals surface area (Å²) in [5.41, 5.74) is 6.99. The third-order valence-corrected chi connectivity index (χ3v) is 4.56. The fraction of sp³-hybridized carbons (Fsp3) is 0.385. The van der Waals surface area contributed by atoms with Crippen molar-refractivity contribution < 1.29 is 0 Å². The van der Waals surface area contributed by atoms with Crippen LogP contribution in [0.15, 0.2) is 24.8 Å². The van der Waals surface area contributed by atoms with Crippen molar-refractivity contribution in [3.05, 3.63) is 24.8 Å². The van der Waals surface area contributed by atoms with Crippen LogP contribution in [0, 0.1) is 17.8 Å². The monoisotopic (exact) mass is 252 g/mol. The Kier molecular flexibility index (Phi) is 1.53. The van der Waals surface area contributed by atoms with Gasteiger partial charge < -0.3 is 10.6 Å². The molecule has 2 bridgehead atoms. The second-order valence-corrected chi connectivity index (χ2v) is 5.55. The van der Waals surface area contributed by atoms with Gasteiger partial charge in [0.05, 0.1) is 24.8 Å². The largest absolute Gasteiger partial charge is 0.382 e. The van der Waals surface area contributed by atoms with Crippen molar-refractivity contribution in [3.8, 4) is 11.4 Å². The lowest BCUT2D eigenvalue weighted by Crippen LogP contribution is -2.21. The van der Waals surface area contributed by atoms with Gasteiger partial charge >= 0.3 is 0 Å². The topological polar surface area (TPSA) is 80.8 Å². The third-order valence-electron chi connectivity index (χ3n) is 4.56. The van der Waals surface area contributed by atoms with Crippen LogP contribution in [0.2, 0.25) is 0 Å². The van der Waals surface area contributed by atoms with Gasteiger partial charge in [-0.3, -0.25) is 4.98 Å². The summed E-state index contributed by atoms with van der Waals surface area (Å²) in [7, 11) is 0.